The Balaban J connectivity index is 1.74. The van der Waals surface area contributed by atoms with Crippen molar-refractivity contribution in [1.29, 1.82) is 0 Å². The Morgan fingerprint density at radius 2 is 1.67 bits per heavy atom. The largest absolute Gasteiger partial charge is 0.497 e. The molecular formula is C19H24N2O5S. The van der Waals surface area contributed by atoms with Crippen molar-refractivity contribution in [3.8, 4) is 11.5 Å². The predicted octanol–water partition coefficient (Wildman–Crippen LogP) is 1.79. The Hall–Kier alpha value is -2.58. The highest BCUT2D eigenvalue weighted by Crippen LogP contribution is 2.16. The molecule has 0 saturated heterocycles. The standard InChI is InChI=1S/C19H24N2O5S/c1-14-4-9-18(12-15(14)2)27(23,24)21-13-19(22)20-10-11-26-17-7-5-16(25-3)6-8-17/h4-9,12,21H,10-11,13H2,1-3H3,(H,20,22). The Kier molecular flexibility index (Phi) is 7.20. The maximum Gasteiger partial charge on any atom is 0.241 e. The summed E-state index contributed by atoms with van der Waals surface area (Å²) in [6.45, 7) is 3.93. The summed E-state index contributed by atoms with van der Waals surface area (Å²) in [4.78, 5) is 12.0. The summed E-state index contributed by atoms with van der Waals surface area (Å²) in [6.07, 6.45) is 0. The summed E-state index contributed by atoms with van der Waals surface area (Å²) in [6, 6.07) is 11.9. The molecule has 0 spiro atoms. The van der Waals surface area contributed by atoms with Crippen molar-refractivity contribution in [3.05, 3.63) is 53.6 Å². The number of nitrogens with one attached hydrogen (secondary N) is 2. The lowest BCUT2D eigenvalue weighted by Gasteiger charge is -2.10. The number of hydrogen-bond donors (Lipinski definition) is 2. The molecule has 0 fully saturated rings. The number of aryl methyl sites for hydroxylation is 2. The van der Waals surface area contributed by atoms with Gasteiger partial charge in [0.15, 0.2) is 0 Å². The van der Waals surface area contributed by atoms with Crippen LogP contribution in [0.25, 0.3) is 0 Å². The predicted molar refractivity (Wildman–Crippen MR) is 103 cm³/mol. The SMILES string of the molecule is COc1ccc(OCCNC(=O)CNS(=O)(=O)c2ccc(C)c(C)c2)cc1. The third-order valence-electron chi connectivity index (χ3n) is 3.96. The quantitative estimate of drug-likeness (QED) is 0.635. The van der Waals surface area contributed by atoms with E-state index in [-0.39, 0.29) is 24.6 Å². The average molecular weight is 392 g/mol. The summed E-state index contributed by atoms with van der Waals surface area (Å²) in [7, 11) is -2.15. The molecule has 2 N–H and O–H groups in total. The maximum absolute atomic E-state index is 12.2. The van der Waals surface area contributed by atoms with Crippen LogP contribution in [0.1, 0.15) is 11.1 Å². The third kappa shape index (κ3) is 6.26. The lowest BCUT2D eigenvalue weighted by atomic mass is 10.1. The number of sulfonamides is 1. The summed E-state index contributed by atoms with van der Waals surface area (Å²) in [5.41, 5.74) is 1.88. The molecule has 0 aliphatic carbocycles. The molecule has 0 bridgehead atoms. The number of rotatable bonds is 9. The van der Waals surface area contributed by atoms with Gasteiger partial charge in [0, 0.05) is 0 Å². The van der Waals surface area contributed by atoms with Gasteiger partial charge in [-0.2, -0.15) is 0 Å². The summed E-state index contributed by atoms with van der Waals surface area (Å²) < 4.78 is 37.3. The van der Waals surface area contributed by atoms with Crippen LogP contribution in [0.2, 0.25) is 0 Å². The highest BCUT2D eigenvalue weighted by Gasteiger charge is 2.15. The van der Waals surface area contributed by atoms with Crippen molar-refractivity contribution in [2.45, 2.75) is 18.7 Å². The van der Waals surface area contributed by atoms with Gasteiger partial charge in [0.1, 0.15) is 18.1 Å². The molecule has 0 aromatic heterocycles. The number of methoxy groups -OCH3 is 1. The number of benzene rings is 2. The van der Waals surface area contributed by atoms with Crippen molar-refractivity contribution < 1.29 is 22.7 Å². The van der Waals surface area contributed by atoms with Gasteiger partial charge in [0.2, 0.25) is 15.9 Å². The van der Waals surface area contributed by atoms with Crippen LogP contribution in [0.3, 0.4) is 0 Å². The van der Waals surface area contributed by atoms with E-state index in [1.807, 2.05) is 13.8 Å². The molecule has 7 nitrogen and oxygen atoms in total. The molecule has 0 unspecified atom stereocenters. The first-order chi connectivity index (χ1) is 12.8. The van der Waals surface area contributed by atoms with Gasteiger partial charge >= 0.3 is 0 Å². The molecule has 2 aromatic carbocycles. The van der Waals surface area contributed by atoms with Crippen LogP contribution in [0.5, 0.6) is 11.5 Å². The highest BCUT2D eigenvalue weighted by molar-refractivity contribution is 7.89. The van der Waals surface area contributed by atoms with Gasteiger partial charge in [-0.05, 0) is 61.4 Å². The van der Waals surface area contributed by atoms with Gasteiger partial charge in [-0.15, -0.1) is 0 Å². The normalized spacial score (nSPS) is 11.1. The van der Waals surface area contributed by atoms with Crippen molar-refractivity contribution in [2.24, 2.45) is 0 Å². The van der Waals surface area contributed by atoms with Gasteiger partial charge in [-0.1, -0.05) is 6.07 Å². The third-order valence-corrected chi connectivity index (χ3v) is 5.36. The monoisotopic (exact) mass is 392 g/mol. The molecule has 1 amide bonds. The van der Waals surface area contributed by atoms with Gasteiger partial charge in [-0.25, -0.2) is 13.1 Å². The molecule has 0 aliphatic heterocycles. The van der Waals surface area contributed by atoms with E-state index < -0.39 is 15.9 Å². The molecule has 2 rings (SSSR count). The van der Waals surface area contributed by atoms with Gasteiger partial charge < -0.3 is 14.8 Å². The fraction of sp³-hybridized carbons (Fsp3) is 0.316. The van der Waals surface area contributed by atoms with E-state index in [0.29, 0.717) is 5.75 Å². The zero-order chi connectivity index (χ0) is 19.9. The second-order valence-electron chi connectivity index (χ2n) is 5.94. The number of hydrogen-bond acceptors (Lipinski definition) is 5. The van der Waals surface area contributed by atoms with Crippen LogP contribution in [0.15, 0.2) is 47.4 Å². The molecule has 0 aliphatic rings. The fourth-order valence-electron chi connectivity index (χ4n) is 2.22. The van der Waals surface area contributed by atoms with E-state index in [9.17, 15) is 13.2 Å². The zero-order valence-corrected chi connectivity index (χ0v) is 16.4. The highest BCUT2D eigenvalue weighted by atomic mass is 32.2. The molecule has 0 heterocycles. The smallest absolute Gasteiger partial charge is 0.241 e. The lowest BCUT2D eigenvalue weighted by Crippen LogP contribution is -2.38. The van der Waals surface area contributed by atoms with Crippen molar-refractivity contribution >= 4 is 15.9 Å². The minimum atomic E-state index is -3.73. The van der Waals surface area contributed by atoms with Crippen LogP contribution in [0.4, 0.5) is 0 Å². The maximum atomic E-state index is 12.2. The van der Waals surface area contributed by atoms with Crippen LogP contribution in [0, 0.1) is 13.8 Å². The van der Waals surface area contributed by atoms with Gasteiger partial charge in [0.05, 0.1) is 25.1 Å². The van der Waals surface area contributed by atoms with E-state index >= 15 is 0 Å². The van der Waals surface area contributed by atoms with E-state index in [0.717, 1.165) is 16.9 Å². The van der Waals surface area contributed by atoms with Crippen LogP contribution >= 0.6 is 0 Å². The zero-order valence-electron chi connectivity index (χ0n) is 15.6. The molecule has 8 heteroatoms. The second kappa shape index (κ2) is 9.38. The Morgan fingerprint density at radius 1 is 1.00 bits per heavy atom. The minimum Gasteiger partial charge on any atom is -0.497 e. The van der Waals surface area contributed by atoms with Crippen LogP contribution < -0.4 is 19.5 Å². The molecule has 2 aromatic rings. The first-order valence-corrected chi connectivity index (χ1v) is 9.90. The van der Waals surface area contributed by atoms with Gasteiger partial charge in [-0.3, -0.25) is 4.79 Å². The van der Waals surface area contributed by atoms with Crippen molar-refractivity contribution in [3.63, 3.8) is 0 Å². The van der Waals surface area contributed by atoms with Crippen molar-refractivity contribution in [2.75, 3.05) is 26.8 Å². The summed E-state index contributed by atoms with van der Waals surface area (Å²) in [5.74, 6) is 0.952. The summed E-state index contributed by atoms with van der Waals surface area (Å²) in [5, 5.41) is 2.60. The van der Waals surface area contributed by atoms with Crippen LogP contribution in [-0.2, 0) is 14.8 Å². The number of carbonyl (C=O) groups excluding carboxylic acids is 1. The Bertz CT molecular complexity index is 879. The topological polar surface area (TPSA) is 93.7 Å². The second-order valence-corrected chi connectivity index (χ2v) is 7.71. The van der Waals surface area contributed by atoms with Gasteiger partial charge in [0.25, 0.3) is 0 Å². The summed E-state index contributed by atoms with van der Waals surface area (Å²) >= 11 is 0. The fourth-order valence-corrected chi connectivity index (χ4v) is 3.29. The molecule has 146 valence electrons. The minimum absolute atomic E-state index is 0.140. The van der Waals surface area contributed by atoms with E-state index in [2.05, 4.69) is 10.0 Å². The number of ether oxygens (including phenoxy) is 2. The van der Waals surface area contributed by atoms with E-state index in [1.165, 1.54) is 6.07 Å². The average Bonchev–Trinajstić information content (AvgIpc) is 2.66. The molecular weight excluding hydrogens is 368 g/mol. The number of amides is 1. The lowest BCUT2D eigenvalue weighted by molar-refractivity contribution is -0.120. The molecule has 27 heavy (non-hydrogen) atoms. The first kappa shape index (κ1) is 20.7. The molecule has 0 atom stereocenters. The van der Waals surface area contributed by atoms with Crippen LogP contribution in [-0.4, -0.2) is 41.1 Å². The Labute approximate surface area is 159 Å². The van der Waals surface area contributed by atoms with Crippen molar-refractivity contribution in [1.82, 2.24) is 10.0 Å². The molecule has 0 saturated carbocycles. The van der Waals surface area contributed by atoms with E-state index in [1.54, 1.807) is 43.5 Å². The van der Waals surface area contributed by atoms with E-state index in [4.69, 9.17) is 9.47 Å². The Morgan fingerprint density at radius 3 is 2.30 bits per heavy atom. The number of carbonyl (C=O) groups is 1. The molecule has 0 radical (unpaired) electrons. The first-order valence-electron chi connectivity index (χ1n) is 8.42.